The number of hydrogen-bond acceptors (Lipinski definition) is 8. The van der Waals surface area contributed by atoms with Gasteiger partial charge in [0.15, 0.2) is 17.3 Å². The molecule has 0 saturated carbocycles. The Bertz CT molecular complexity index is 1480. The van der Waals surface area contributed by atoms with E-state index in [0.29, 0.717) is 57.5 Å². The molecule has 0 radical (unpaired) electrons. The number of β-amino-alcohol motifs (C(OH)–C–C–N with tert-alkyl or cyclic N) is 1. The summed E-state index contributed by atoms with van der Waals surface area (Å²) in [5.74, 6) is 2.16. The Morgan fingerprint density at radius 1 is 1.00 bits per heavy atom. The lowest BCUT2D eigenvalue weighted by Gasteiger charge is -2.32. The van der Waals surface area contributed by atoms with Crippen LogP contribution in [0.25, 0.3) is 10.9 Å². The summed E-state index contributed by atoms with van der Waals surface area (Å²) in [5, 5.41) is 20.7. The van der Waals surface area contributed by atoms with E-state index in [0.717, 1.165) is 31.5 Å². The SMILES string of the molecule is COc1cc2c(Oc3ccc(C)cc3C(=O)c3ccccc3)ccnc2cc1OCC(O)CN1CCC(CO)CC1. The molecule has 1 aliphatic heterocycles. The van der Waals surface area contributed by atoms with Crippen molar-refractivity contribution in [2.75, 3.05) is 40.0 Å². The van der Waals surface area contributed by atoms with Crippen molar-refractivity contribution in [2.45, 2.75) is 25.9 Å². The van der Waals surface area contributed by atoms with Crippen LogP contribution in [0.4, 0.5) is 0 Å². The summed E-state index contributed by atoms with van der Waals surface area (Å²) in [6.45, 7) is 4.48. The Morgan fingerprint density at radius 2 is 1.78 bits per heavy atom. The molecule has 1 unspecified atom stereocenters. The van der Waals surface area contributed by atoms with Gasteiger partial charge in [-0.05, 0) is 63.0 Å². The van der Waals surface area contributed by atoms with Crippen LogP contribution in [-0.4, -0.2) is 71.9 Å². The minimum absolute atomic E-state index is 0.103. The van der Waals surface area contributed by atoms with E-state index < -0.39 is 6.10 Å². The zero-order valence-electron chi connectivity index (χ0n) is 23.5. The summed E-state index contributed by atoms with van der Waals surface area (Å²) in [4.78, 5) is 20.0. The van der Waals surface area contributed by atoms with Crippen molar-refractivity contribution >= 4 is 16.7 Å². The van der Waals surface area contributed by atoms with Gasteiger partial charge in [0.1, 0.15) is 24.2 Å². The Balaban J connectivity index is 1.34. The van der Waals surface area contributed by atoms with Gasteiger partial charge in [0.2, 0.25) is 0 Å². The van der Waals surface area contributed by atoms with Crippen LogP contribution in [0.15, 0.2) is 72.9 Å². The average molecular weight is 557 g/mol. The minimum Gasteiger partial charge on any atom is -0.493 e. The highest BCUT2D eigenvalue weighted by Crippen LogP contribution is 2.38. The zero-order valence-corrected chi connectivity index (χ0v) is 23.5. The number of aromatic nitrogens is 1. The number of carbonyl (C=O) groups is 1. The molecular weight excluding hydrogens is 520 g/mol. The van der Waals surface area contributed by atoms with Gasteiger partial charge in [-0.3, -0.25) is 9.78 Å². The molecule has 1 aliphatic rings. The quantitative estimate of drug-likeness (QED) is 0.249. The molecule has 1 atom stereocenters. The number of hydrogen-bond donors (Lipinski definition) is 2. The predicted molar refractivity (Wildman–Crippen MR) is 157 cm³/mol. The maximum Gasteiger partial charge on any atom is 0.196 e. The van der Waals surface area contributed by atoms with Crippen LogP contribution in [0.3, 0.4) is 0 Å². The number of aliphatic hydroxyl groups is 2. The third-order valence-corrected chi connectivity index (χ3v) is 7.49. The first-order valence-corrected chi connectivity index (χ1v) is 13.9. The maximum absolute atomic E-state index is 13.3. The second kappa shape index (κ2) is 13.1. The Labute approximate surface area is 240 Å². The molecule has 5 rings (SSSR count). The molecular formula is C33H36N2O6. The van der Waals surface area contributed by atoms with Gasteiger partial charge in [-0.15, -0.1) is 0 Å². The first-order valence-electron chi connectivity index (χ1n) is 13.9. The van der Waals surface area contributed by atoms with Crippen molar-refractivity contribution in [3.8, 4) is 23.0 Å². The number of rotatable bonds is 11. The minimum atomic E-state index is -0.675. The summed E-state index contributed by atoms with van der Waals surface area (Å²) in [6.07, 6.45) is 2.84. The molecule has 0 amide bonds. The van der Waals surface area contributed by atoms with Crippen molar-refractivity contribution in [2.24, 2.45) is 5.92 Å². The van der Waals surface area contributed by atoms with Crippen LogP contribution in [0, 0.1) is 12.8 Å². The van der Waals surface area contributed by atoms with Gasteiger partial charge in [0.25, 0.3) is 0 Å². The van der Waals surface area contributed by atoms with Crippen molar-refractivity contribution in [3.05, 3.63) is 89.6 Å². The largest absolute Gasteiger partial charge is 0.493 e. The van der Waals surface area contributed by atoms with Gasteiger partial charge in [0, 0.05) is 36.4 Å². The zero-order chi connectivity index (χ0) is 28.8. The van der Waals surface area contributed by atoms with E-state index in [9.17, 15) is 15.0 Å². The number of piperidine rings is 1. The number of aliphatic hydroxyl groups excluding tert-OH is 2. The number of likely N-dealkylation sites (tertiary alicyclic amines) is 1. The van der Waals surface area contributed by atoms with Gasteiger partial charge in [-0.1, -0.05) is 42.0 Å². The molecule has 1 aromatic heterocycles. The summed E-state index contributed by atoms with van der Waals surface area (Å²) < 4.78 is 17.9. The number of benzene rings is 3. The topological polar surface area (TPSA) is 101 Å². The summed E-state index contributed by atoms with van der Waals surface area (Å²) >= 11 is 0. The molecule has 2 heterocycles. The number of carbonyl (C=O) groups excluding carboxylic acids is 1. The van der Waals surface area contributed by atoms with E-state index in [2.05, 4.69) is 9.88 Å². The van der Waals surface area contributed by atoms with Crippen LogP contribution in [0.1, 0.15) is 34.3 Å². The second-order valence-corrected chi connectivity index (χ2v) is 10.5. The van der Waals surface area contributed by atoms with E-state index >= 15 is 0 Å². The van der Waals surface area contributed by atoms with Crippen LogP contribution in [0.5, 0.6) is 23.0 Å². The molecule has 214 valence electrons. The van der Waals surface area contributed by atoms with E-state index in [1.54, 1.807) is 49.7 Å². The number of ketones is 1. The van der Waals surface area contributed by atoms with Crippen molar-refractivity contribution < 1.29 is 29.2 Å². The molecule has 1 saturated heterocycles. The predicted octanol–water partition coefficient (Wildman–Crippen LogP) is 5.02. The van der Waals surface area contributed by atoms with Gasteiger partial charge < -0.3 is 29.3 Å². The Kier molecular flexibility index (Phi) is 9.14. The molecule has 8 nitrogen and oxygen atoms in total. The van der Waals surface area contributed by atoms with Crippen LogP contribution in [-0.2, 0) is 0 Å². The standard InChI is InChI=1S/C33H36N2O6/c1-22-8-9-29(27(16-22)33(38)24-6-4-3-5-7-24)41-30-10-13-34-28-18-32(31(39-2)17-26(28)30)40-21-25(37)19-35-14-11-23(20-36)12-15-35/h3-10,13,16-18,23,25,36-37H,11-12,14-15,19-21H2,1-2H3. The lowest BCUT2D eigenvalue weighted by molar-refractivity contribution is 0.0482. The summed E-state index contributed by atoms with van der Waals surface area (Å²) in [5.41, 5.74) is 2.64. The number of methoxy groups -OCH3 is 1. The monoisotopic (exact) mass is 556 g/mol. The molecule has 0 aliphatic carbocycles. The number of aryl methyl sites for hydroxylation is 1. The number of fused-ring (bicyclic) bond motifs is 1. The molecule has 8 heteroatoms. The van der Waals surface area contributed by atoms with Gasteiger partial charge in [-0.2, -0.15) is 0 Å². The molecule has 41 heavy (non-hydrogen) atoms. The normalized spacial score (nSPS) is 15.0. The second-order valence-electron chi connectivity index (χ2n) is 10.5. The molecule has 2 N–H and O–H groups in total. The van der Waals surface area contributed by atoms with E-state index in [4.69, 9.17) is 14.2 Å². The summed E-state index contributed by atoms with van der Waals surface area (Å²) in [7, 11) is 1.56. The van der Waals surface area contributed by atoms with Gasteiger partial charge >= 0.3 is 0 Å². The Hall–Kier alpha value is -3.98. The fourth-order valence-electron chi connectivity index (χ4n) is 5.15. The number of pyridine rings is 1. The average Bonchev–Trinajstić information content (AvgIpc) is 3.01. The molecule has 0 bridgehead atoms. The fraction of sp³-hybridized carbons (Fsp3) is 0.333. The van der Waals surface area contributed by atoms with Gasteiger partial charge in [0.05, 0.1) is 18.2 Å². The highest BCUT2D eigenvalue weighted by molar-refractivity contribution is 6.11. The lowest BCUT2D eigenvalue weighted by Crippen LogP contribution is -2.41. The van der Waals surface area contributed by atoms with Gasteiger partial charge in [-0.25, -0.2) is 0 Å². The summed E-state index contributed by atoms with van der Waals surface area (Å²) in [6, 6.07) is 20.0. The van der Waals surface area contributed by atoms with Crippen molar-refractivity contribution in [1.82, 2.24) is 9.88 Å². The first-order chi connectivity index (χ1) is 19.9. The molecule has 1 fully saturated rings. The van der Waals surface area contributed by atoms with E-state index in [1.807, 2.05) is 37.3 Å². The maximum atomic E-state index is 13.3. The van der Waals surface area contributed by atoms with Crippen molar-refractivity contribution in [1.29, 1.82) is 0 Å². The molecule has 3 aromatic carbocycles. The van der Waals surface area contributed by atoms with E-state index in [-0.39, 0.29) is 19.0 Å². The highest BCUT2D eigenvalue weighted by Gasteiger charge is 2.22. The van der Waals surface area contributed by atoms with Crippen molar-refractivity contribution in [3.63, 3.8) is 0 Å². The van der Waals surface area contributed by atoms with E-state index in [1.165, 1.54) is 0 Å². The highest BCUT2D eigenvalue weighted by atomic mass is 16.5. The smallest absolute Gasteiger partial charge is 0.196 e. The Morgan fingerprint density at radius 3 is 2.51 bits per heavy atom. The fourth-order valence-corrected chi connectivity index (χ4v) is 5.15. The first kappa shape index (κ1) is 28.5. The number of ether oxygens (including phenoxy) is 3. The van der Waals surface area contributed by atoms with Crippen LogP contribution >= 0.6 is 0 Å². The third kappa shape index (κ3) is 6.85. The number of nitrogens with zero attached hydrogens (tertiary/aromatic N) is 2. The lowest BCUT2D eigenvalue weighted by atomic mass is 9.98. The van der Waals surface area contributed by atoms with Crippen LogP contribution < -0.4 is 14.2 Å². The molecule has 4 aromatic rings. The van der Waals surface area contributed by atoms with Crippen LogP contribution in [0.2, 0.25) is 0 Å². The molecule has 0 spiro atoms. The third-order valence-electron chi connectivity index (χ3n) is 7.49.